The summed E-state index contributed by atoms with van der Waals surface area (Å²) in [6, 6.07) is 7.01. The second-order valence-corrected chi connectivity index (χ2v) is 7.40. The highest BCUT2D eigenvalue weighted by molar-refractivity contribution is 7.92. The summed E-state index contributed by atoms with van der Waals surface area (Å²) in [5.41, 5.74) is 0.397. The van der Waals surface area contributed by atoms with Crippen molar-refractivity contribution < 1.29 is 32.0 Å². The predicted molar refractivity (Wildman–Crippen MR) is 99.2 cm³/mol. The van der Waals surface area contributed by atoms with Crippen molar-refractivity contribution in [2.24, 2.45) is 0 Å². The zero-order chi connectivity index (χ0) is 20.6. The summed E-state index contributed by atoms with van der Waals surface area (Å²) in [5.74, 6) is -0.344. The molecule has 0 unspecified atom stereocenters. The number of carbonyl (C=O) groups is 2. The van der Waals surface area contributed by atoms with Crippen LogP contribution in [0.5, 0.6) is 0 Å². The molecule has 0 bridgehead atoms. The van der Waals surface area contributed by atoms with E-state index >= 15 is 0 Å². The Bertz CT molecular complexity index is 907. The van der Waals surface area contributed by atoms with Crippen molar-refractivity contribution in [3.8, 4) is 0 Å². The lowest BCUT2D eigenvalue weighted by Gasteiger charge is -2.08. The average Bonchev–Trinajstić information content (AvgIpc) is 3.04. The number of carbonyl (C=O) groups excluding carboxylic acids is 2. The van der Waals surface area contributed by atoms with Crippen molar-refractivity contribution >= 4 is 33.4 Å². The highest BCUT2D eigenvalue weighted by atomic mass is 32.2. The Morgan fingerprint density at radius 3 is 2.46 bits per heavy atom. The minimum atomic E-state index is -3.83. The minimum Gasteiger partial charge on any atom is -0.463 e. The van der Waals surface area contributed by atoms with Gasteiger partial charge in [0.05, 0.1) is 17.9 Å². The molecule has 0 aliphatic rings. The van der Waals surface area contributed by atoms with Gasteiger partial charge >= 0.3 is 5.97 Å². The molecule has 0 atom stereocenters. The molecule has 152 valence electrons. The lowest BCUT2D eigenvalue weighted by atomic mass is 10.2. The number of rotatable bonds is 10. The third kappa shape index (κ3) is 6.67. The van der Waals surface area contributed by atoms with Crippen LogP contribution in [0.25, 0.3) is 0 Å². The van der Waals surface area contributed by atoms with Gasteiger partial charge in [-0.1, -0.05) is 5.16 Å². The topological polar surface area (TPSA) is 137 Å². The van der Waals surface area contributed by atoms with E-state index in [1.165, 1.54) is 37.4 Å². The number of ether oxygens (including phenoxy) is 2. The molecule has 1 amide bonds. The molecular formula is C17H21N3O7S. The molecule has 0 spiro atoms. The number of benzene rings is 1. The van der Waals surface area contributed by atoms with E-state index in [1.54, 1.807) is 6.92 Å². The Kier molecular flexibility index (Phi) is 7.52. The van der Waals surface area contributed by atoms with Crippen LogP contribution in [-0.2, 0) is 29.1 Å². The molecule has 2 rings (SSSR count). The van der Waals surface area contributed by atoms with Crippen molar-refractivity contribution in [1.29, 1.82) is 0 Å². The number of nitrogens with zero attached hydrogens (tertiary/aromatic N) is 1. The molecule has 28 heavy (non-hydrogen) atoms. The fourth-order valence-electron chi connectivity index (χ4n) is 2.08. The van der Waals surface area contributed by atoms with Gasteiger partial charge in [0.1, 0.15) is 12.4 Å². The molecule has 1 aromatic heterocycles. The molecule has 1 aromatic carbocycles. The predicted octanol–water partition coefficient (Wildman–Crippen LogP) is 1.69. The first kappa shape index (κ1) is 21.4. The van der Waals surface area contributed by atoms with Gasteiger partial charge in [-0.2, -0.15) is 0 Å². The second kappa shape index (κ2) is 9.85. The molecule has 0 radical (unpaired) electrons. The zero-order valence-corrected chi connectivity index (χ0v) is 16.2. The van der Waals surface area contributed by atoms with Crippen LogP contribution >= 0.6 is 0 Å². The monoisotopic (exact) mass is 411 g/mol. The fourth-order valence-corrected chi connectivity index (χ4v) is 3.06. The number of amides is 1. The zero-order valence-electron chi connectivity index (χ0n) is 15.4. The molecule has 0 saturated heterocycles. The number of hydrogen-bond donors (Lipinski definition) is 2. The van der Waals surface area contributed by atoms with Crippen LogP contribution in [0, 0.1) is 6.92 Å². The quantitative estimate of drug-likeness (QED) is 0.445. The number of hydrogen-bond acceptors (Lipinski definition) is 8. The molecule has 0 saturated carbocycles. The van der Waals surface area contributed by atoms with Crippen molar-refractivity contribution in [1.82, 2.24) is 5.16 Å². The van der Waals surface area contributed by atoms with Gasteiger partial charge in [-0.05, 0) is 31.2 Å². The summed E-state index contributed by atoms with van der Waals surface area (Å²) < 4.78 is 41.3. The van der Waals surface area contributed by atoms with Crippen LogP contribution < -0.4 is 10.0 Å². The van der Waals surface area contributed by atoms with E-state index in [2.05, 4.69) is 15.2 Å². The van der Waals surface area contributed by atoms with Crippen molar-refractivity contribution in [3.63, 3.8) is 0 Å². The summed E-state index contributed by atoms with van der Waals surface area (Å²) in [6.07, 6.45) is -0.123. The Hall–Kier alpha value is -2.92. The van der Waals surface area contributed by atoms with Crippen LogP contribution in [0.2, 0.25) is 0 Å². The van der Waals surface area contributed by atoms with Crippen molar-refractivity contribution in [2.75, 3.05) is 30.4 Å². The van der Waals surface area contributed by atoms with Gasteiger partial charge in [0, 0.05) is 25.3 Å². The Morgan fingerprint density at radius 1 is 1.14 bits per heavy atom. The van der Waals surface area contributed by atoms with E-state index in [1.807, 2.05) is 0 Å². The summed E-state index contributed by atoms with van der Waals surface area (Å²) in [5, 5.41) is 6.16. The molecular weight excluding hydrogens is 390 g/mol. The Balaban J connectivity index is 1.86. The summed E-state index contributed by atoms with van der Waals surface area (Å²) in [6.45, 7) is 2.06. The van der Waals surface area contributed by atoms with Gasteiger partial charge in [-0.15, -0.1) is 0 Å². The Morgan fingerprint density at radius 2 is 1.86 bits per heavy atom. The second-order valence-electron chi connectivity index (χ2n) is 5.71. The largest absolute Gasteiger partial charge is 0.463 e. The third-order valence-corrected chi connectivity index (χ3v) is 4.79. The normalized spacial score (nSPS) is 11.1. The lowest BCUT2D eigenvalue weighted by molar-refractivity contribution is -0.145. The standard InChI is InChI=1S/C17H21N3O7S/c1-12-11-15(19-27-12)20-28(23,24)14-5-3-13(4-6-14)18-16(21)7-8-17(22)26-10-9-25-2/h3-6,11H,7-10H2,1-2H3,(H,18,21)(H,19,20). The minimum absolute atomic E-state index is 0.00660. The van der Waals surface area contributed by atoms with Crippen LogP contribution in [0.1, 0.15) is 18.6 Å². The van der Waals surface area contributed by atoms with E-state index in [9.17, 15) is 18.0 Å². The van der Waals surface area contributed by atoms with Gasteiger partial charge in [0.15, 0.2) is 5.82 Å². The highest BCUT2D eigenvalue weighted by Gasteiger charge is 2.16. The summed E-state index contributed by atoms with van der Waals surface area (Å²) >= 11 is 0. The van der Waals surface area contributed by atoms with Gasteiger partial charge in [0.2, 0.25) is 5.91 Å². The Labute approximate surface area is 162 Å². The highest BCUT2D eigenvalue weighted by Crippen LogP contribution is 2.18. The van der Waals surface area contributed by atoms with Gasteiger partial charge in [-0.25, -0.2) is 8.42 Å². The fraction of sp³-hybridized carbons (Fsp3) is 0.353. The molecule has 0 aliphatic carbocycles. The maximum absolute atomic E-state index is 12.3. The van der Waals surface area contributed by atoms with E-state index in [-0.39, 0.29) is 36.8 Å². The van der Waals surface area contributed by atoms with Gasteiger partial charge in [-0.3, -0.25) is 14.3 Å². The number of aryl methyl sites for hydroxylation is 1. The molecule has 2 N–H and O–H groups in total. The first-order chi connectivity index (χ1) is 13.3. The molecule has 1 heterocycles. The molecule has 10 nitrogen and oxygen atoms in total. The SMILES string of the molecule is COCCOC(=O)CCC(=O)Nc1ccc(S(=O)(=O)Nc2cc(C)on2)cc1. The van der Waals surface area contributed by atoms with Gasteiger partial charge < -0.3 is 19.3 Å². The first-order valence-corrected chi connectivity index (χ1v) is 9.79. The van der Waals surface area contributed by atoms with E-state index in [4.69, 9.17) is 14.0 Å². The van der Waals surface area contributed by atoms with E-state index in [0.717, 1.165) is 0 Å². The van der Waals surface area contributed by atoms with Crippen LogP contribution in [0.3, 0.4) is 0 Å². The number of esters is 1. The smallest absolute Gasteiger partial charge is 0.306 e. The maximum Gasteiger partial charge on any atom is 0.306 e. The molecule has 0 fully saturated rings. The van der Waals surface area contributed by atoms with Crippen LogP contribution in [0.15, 0.2) is 39.8 Å². The number of anilines is 2. The average molecular weight is 411 g/mol. The number of methoxy groups -OCH3 is 1. The van der Waals surface area contributed by atoms with E-state index < -0.39 is 21.9 Å². The number of sulfonamides is 1. The maximum atomic E-state index is 12.3. The van der Waals surface area contributed by atoms with Crippen LogP contribution in [0.4, 0.5) is 11.5 Å². The third-order valence-electron chi connectivity index (χ3n) is 3.42. The van der Waals surface area contributed by atoms with Crippen molar-refractivity contribution in [2.45, 2.75) is 24.7 Å². The van der Waals surface area contributed by atoms with Crippen molar-refractivity contribution in [3.05, 3.63) is 36.1 Å². The summed E-state index contributed by atoms with van der Waals surface area (Å²) in [7, 11) is -2.35. The lowest BCUT2D eigenvalue weighted by Crippen LogP contribution is -2.16. The number of nitrogens with one attached hydrogen (secondary N) is 2. The molecule has 0 aliphatic heterocycles. The van der Waals surface area contributed by atoms with Gasteiger partial charge in [0.25, 0.3) is 10.0 Å². The summed E-state index contributed by atoms with van der Waals surface area (Å²) in [4.78, 5) is 23.3. The first-order valence-electron chi connectivity index (χ1n) is 8.31. The molecule has 2 aromatic rings. The molecule has 11 heteroatoms. The van der Waals surface area contributed by atoms with E-state index in [0.29, 0.717) is 11.4 Å². The van der Waals surface area contributed by atoms with Crippen LogP contribution in [-0.4, -0.2) is 45.8 Å². The number of aromatic nitrogens is 1.